The summed E-state index contributed by atoms with van der Waals surface area (Å²) in [6.07, 6.45) is 6.37. The molecule has 1 spiro atoms. The van der Waals surface area contributed by atoms with Crippen molar-refractivity contribution in [3.05, 3.63) is 95.1 Å². The molecule has 4 heteroatoms. The fourth-order valence-electron chi connectivity index (χ4n) is 7.14. The highest BCUT2D eigenvalue weighted by Gasteiger charge is 2.42. The molecule has 2 aliphatic heterocycles. The number of aliphatic hydroxyl groups is 1. The Bertz CT molecular complexity index is 1260. The van der Waals surface area contributed by atoms with E-state index in [0.717, 1.165) is 57.4 Å². The van der Waals surface area contributed by atoms with Gasteiger partial charge < -0.3 is 19.5 Å². The lowest BCUT2D eigenvalue weighted by atomic mass is 9.69. The van der Waals surface area contributed by atoms with Gasteiger partial charge >= 0.3 is 0 Å². The van der Waals surface area contributed by atoms with Crippen molar-refractivity contribution in [3.8, 4) is 5.75 Å². The Hall–Kier alpha value is -2.82. The topological polar surface area (TPSA) is 41.9 Å². The van der Waals surface area contributed by atoms with Gasteiger partial charge in [-0.1, -0.05) is 48.5 Å². The van der Waals surface area contributed by atoms with Crippen LogP contribution >= 0.6 is 0 Å². The first-order valence-electron chi connectivity index (χ1n) is 14.8. The number of ether oxygens (including phenoxy) is 2. The van der Waals surface area contributed by atoms with Crippen LogP contribution in [0.25, 0.3) is 0 Å². The second kappa shape index (κ2) is 10.6. The zero-order valence-corrected chi connectivity index (χ0v) is 23.7. The Morgan fingerprint density at radius 3 is 2.31 bits per heavy atom. The van der Waals surface area contributed by atoms with E-state index in [2.05, 4.69) is 98.5 Å². The van der Waals surface area contributed by atoms with E-state index >= 15 is 0 Å². The van der Waals surface area contributed by atoms with Crippen LogP contribution in [0.1, 0.15) is 87.0 Å². The number of nitrogens with zero attached hydrogens (tertiary/aromatic N) is 1. The summed E-state index contributed by atoms with van der Waals surface area (Å²) in [6.45, 7) is 8.48. The van der Waals surface area contributed by atoms with E-state index in [0.29, 0.717) is 11.8 Å². The lowest BCUT2D eigenvalue weighted by Crippen LogP contribution is -2.44. The van der Waals surface area contributed by atoms with Crippen molar-refractivity contribution in [2.45, 2.75) is 88.4 Å². The Kier molecular flexibility index (Phi) is 7.20. The molecule has 2 fully saturated rings. The van der Waals surface area contributed by atoms with Crippen LogP contribution in [0, 0.1) is 0 Å². The summed E-state index contributed by atoms with van der Waals surface area (Å²) in [5, 5.41) is 9.51. The standard InChI is InChI=1S/C35H43NO3/c1-34(2,3)38-29-14-16-32-27(23-29)11-15-31(25-7-5-4-6-8-25)33(32)26-9-12-28(13-10-26)36-21-19-35(20-22-36)18-17-30(24-37)39-35/h4-10,12-14,16,23,30-31,33,37H,11,15,17-22,24H2,1-3H3. The Morgan fingerprint density at radius 1 is 0.897 bits per heavy atom. The van der Waals surface area contributed by atoms with E-state index in [1.54, 1.807) is 0 Å². The zero-order valence-electron chi connectivity index (χ0n) is 23.7. The summed E-state index contributed by atoms with van der Waals surface area (Å²) < 4.78 is 12.5. The van der Waals surface area contributed by atoms with Crippen LogP contribution in [0.15, 0.2) is 72.8 Å². The minimum Gasteiger partial charge on any atom is -0.488 e. The van der Waals surface area contributed by atoms with Gasteiger partial charge in [0.15, 0.2) is 0 Å². The molecule has 39 heavy (non-hydrogen) atoms. The molecule has 2 heterocycles. The van der Waals surface area contributed by atoms with E-state index < -0.39 is 0 Å². The van der Waals surface area contributed by atoms with Crippen molar-refractivity contribution in [3.63, 3.8) is 0 Å². The molecule has 0 amide bonds. The van der Waals surface area contributed by atoms with E-state index in [1.165, 1.54) is 27.9 Å². The second-order valence-electron chi connectivity index (χ2n) is 12.8. The highest BCUT2D eigenvalue weighted by Crippen LogP contribution is 2.47. The predicted molar refractivity (Wildman–Crippen MR) is 158 cm³/mol. The summed E-state index contributed by atoms with van der Waals surface area (Å²) in [5.41, 5.74) is 6.73. The number of piperidine rings is 1. The number of benzene rings is 3. The molecule has 0 radical (unpaired) electrons. The van der Waals surface area contributed by atoms with Crippen LogP contribution in [0.5, 0.6) is 5.75 Å². The van der Waals surface area contributed by atoms with Gasteiger partial charge in [0.05, 0.1) is 18.3 Å². The zero-order chi connectivity index (χ0) is 27.0. The highest BCUT2D eigenvalue weighted by molar-refractivity contribution is 5.53. The van der Waals surface area contributed by atoms with Gasteiger partial charge in [-0.3, -0.25) is 0 Å². The first kappa shape index (κ1) is 26.4. The normalized spacial score (nSPS) is 24.5. The third-order valence-corrected chi connectivity index (χ3v) is 9.06. The number of aryl methyl sites for hydroxylation is 1. The van der Waals surface area contributed by atoms with Gasteiger partial charge in [0.25, 0.3) is 0 Å². The molecule has 0 aromatic heterocycles. The molecule has 3 aromatic rings. The number of hydrogen-bond acceptors (Lipinski definition) is 4. The Labute approximate surface area is 234 Å². The van der Waals surface area contributed by atoms with Crippen molar-refractivity contribution in [2.24, 2.45) is 0 Å². The molecule has 0 bridgehead atoms. The fraction of sp³-hybridized carbons (Fsp3) is 0.486. The van der Waals surface area contributed by atoms with E-state index in [-0.39, 0.29) is 23.9 Å². The van der Waals surface area contributed by atoms with Crippen molar-refractivity contribution in [1.82, 2.24) is 0 Å². The third-order valence-electron chi connectivity index (χ3n) is 9.06. The van der Waals surface area contributed by atoms with E-state index in [9.17, 15) is 5.11 Å². The predicted octanol–water partition coefficient (Wildman–Crippen LogP) is 7.24. The lowest BCUT2D eigenvalue weighted by molar-refractivity contribution is -0.0713. The monoisotopic (exact) mass is 525 g/mol. The number of anilines is 1. The SMILES string of the molecule is CC(C)(C)Oc1ccc2c(c1)CCC(c1ccccc1)C2c1ccc(N2CCC3(CCC(CO)O3)CC2)cc1. The van der Waals surface area contributed by atoms with Crippen LogP contribution in [-0.2, 0) is 11.2 Å². The van der Waals surface area contributed by atoms with Gasteiger partial charge in [-0.15, -0.1) is 0 Å². The molecule has 3 atom stereocenters. The average Bonchev–Trinajstić information content (AvgIpc) is 3.35. The van der Waals surface area contributed by atoms with Gasteiger partial charge in [-0.05, 0) is 112 Å². The molecule has 1 aliphatic carbocycles. The van der Waals surface area contributed by atoms with Crippen LogP contribution < -0.4 is 9.64 Å². The van der Waals surface area contributed by atoms with Crippen molar-refractivity contribution in [2.75, 3.05) is 24.6 Å². The maximum Gasteiger partial charge on any atom is 0.120 e. The largest absolute Gasteiger partial charge is 0.488 e. The quantitative estimate of drug-likeness (QED) is 0.381. The first-order chi connectivity index (χ1) is 18.8. The molecule has 4 nitrogen and oxygen atoms in total. The van der Waals surface area contributed by atoms with Crippen LogP contribution in [0.2, 0.25) is 0 Å². The molecule has 2 saturated heterocycles. The van der Waals surface area contributed by atoms with Gasteiger partial charge in [0, 0.05) is 24.7 Å². The Balaban J connectivity index is 1.25. The molecule has 3 aliphatic rings. The molecular formula is C35H43NO3. The van der Waals surface area contributed by atoms with Gasteiger partial charge in [0.1, 0.15) is 11.4 Å². The summed E-state index contributed by atoms with van der Waals surface area (Å²) in [7, 11) is 0. The maximum absolute atomic E-state index is 9.51. The van der Waals surface area contributed by atoms with Gasteiger partial charge in [0.2, 0.25) is 0 Å². The minimum absolute atomic E-state index is 0.0197. The number of rotatable bonds is 5. The Morgan fingerprint density at radius 2 is 1.64 bits per heavy atom. The third kappa shape index (κ3) is 5.60. The van der Waals surface area contributed by atoms with Crippen LogP contribution in [0.4, 0.5) is 5.69 Å². The number of hydrogen-bond donors (Lipinski definition) is 1. The van der Waals surface area contributed by atoms with E-state index in [1.807, 2.05) is 0 Å². The molecule has 3 aromatic carbocycles. The number of aliphatic hydroxyl groups excluding tert-OH is 1. The average molecular weight is 526 g/mol. The highest BCUT2D eigenvalue weighted by atomic mass is 16.5. The summed E-state index contributed by atoms with van der Waals surface area (Å²) in [4.78, 5) is 2.50. The molecular weight excluding hydrogens is 482 g/mol. The van der Waals surface area contributed by atoms with Crippen molar-refractivity contribution < 1.29 is 14.6 Å². The van der Waals surface area contributed by atoms with Gasteiger partial charge in [-0.25, -0.2) is 0 Å². The smallest absolute Gasteiger partial charge is 0.120 e. The minimum atomic E-state index is -0.205. The lowest BCUT2D eigenvalue weighted by Gasteiger charge is -2.40. The van der Waals surface area contributed by atoms with Crippen LogP contribution in [0.3, 0.4) is 0 Å². The summed E-state index contributed by atoms with van der Waals surface area (Å²) in [5.74, 6) is 1.74. The number of fused-ring (bicyclic) bond motifs is 1. The maximum atomic E-state index is 9.51. The second-order valence-corrected chi connectivity index (χ2v) is 12.8. The van der Waals surface area contributed by atoms with E-state index in [4.69, 9.17) is 9.47 Å². The summed E-state index contributed by atoms with van der Waals surface area (Å²) >= 11 is 0. The molecule has 206 valence electrons. The van der Waals surface area contributed by atoms with Gasteiger partial charge in [-0.2, -0.15) is 0 Å². The van der Waals surface area contributed by atoms with Crippen molar-refractivity contribution >= 4 is 5.69 Å². The first-order valence-corrected chi connectivity index (χ1v) is 14.8. The molecule has 1 N–H and O–H groups in total. The molecule has 3 unspecified atom stereocenters. The van der Waals surface area contributed by atoms with Crippen molar-refractivity contribution in [1.29, 1.82) is 0 Å². The van der Waals surface area contributed by atoms with Crippen LogP contribution in [-0.4, -0.2) is 42.1 Å². The fourth-order valence-corrected chi connectivity index (χ4v) is 7.14. The molecule has 6 rings (SSSR count). The summed E-state index contributed by atoms with van der Waals surface area (Å²) in [6, 6.07) is 27.2. The molecule has 0 saturated carbocycles.